The number of rotatable bonds is 3. The van der Waals surface area contributed by atoms with Crippen LogP contribution < -0.4 is 0 Å². The number of hydrogen-bond acceptors (Lipinski definition) is 4. The lowest BCUT2D eigenvalue weighted by atomic mass is 9.76. The second kappa shape index (κ2) is 4.22. The molecule has 1 aromatic rings. The summed E-state index contributed by atoms with van der Waals surface area (Å²) in [5.41, 5.74) is -1.19. The molecule has 1 heterocycles. The minimum atomic E-state index is -4.44. The first-order valence-corrected chi connectivity index (χ1v) is 6.04. The Morgan fingerprint density at radius 2 is 2.24 bits per heavy atom. The molecule has 1 aliphatic carbocycles. The maximum Gasteiger partial charge on any atom is 0.443 e. The topological polar surface area (TPSA) is 42.4 Å². The zero-order valence-electron chi connectivity index (χ0n) is 9.12. The van der Waals surface area contributed by atoms with Gasteiger partial charge in [0.05, 0.1) is 11.0 Å². The van der Waals surface area contributed by atoms with Crippen molar-refractivity contribution >= 4 is 11.3 Å². The van der Waals surface area contributed by atoms with Crippen LogP contribution in [0.1, 0.15) is 29.7 Å². The summed E-state index contributed by atoms with van der Waals surface area (Å²) in [7, 11) is 0. The molecule has 1 N–H and O–H groups in total. The van der Waals surface area contributed by atoms with Crippen LogP contribution >= 0.6 is 11.3 Å². The van der Waals surface area contributed by atoms with Crippen LogP contribution in [0.5, 0.6) is 0 Å². The minimum Gasteiger partial charge on any atom is -0.384 e. The standard InChI is InChI=1S/C10H12F3NO2S/c1-2-16-6-3-9(15,4-6)7-5-14-8(17-7)10(11,12)13/h5-6,15H,2-4H2,1H3. The summed E-state index contributed by atoms with van der Waals surface area (Å²) in [4.78, 5) is 3.56. The molecule has 0 aromatic carbocycles. The van der Waals surface area contributed by atoms with Crippen molar-refractivity contribution in [2.45, 2.75) is 37.6 Å². The molecule has 2 rings (SSSR count). The van der Waals surface area contributed by atoms with E-state index in [0.717, 1.165) is 6.20 Å². The molecule has 0 spiro atoms. The molecule has 0 saturated heterocycles. The summed E-state index contributed by atoms with van der Waals surface area (Å²) < 4.78 is 42.3. The second-order valence-electron chi connectivity index (χ2n) is 4.04. The van der Waals surface area contributed by atoms with Crippen LogP contribution in [0.25, 0.3) is 0 Å². The maximum absolute atomic E-state index is 12.4. The van der Waals surface area contributed by atoms with Gasteiger partial charge in [0.1, 0.15) is 5.60 Å². The Kier molecular flexibility index (Phi) is 3.17. The van der Waals surface area contributed by atoms with Crippen molar-refractivity contribution in [2.24, 2.45) is 0 Å². The normalized spacial score (nSPS) is 29.1. The average Bonchev–Trinajstić information content (AvgIpc) is 2.63. The molecule has 3 nitrogen and oxygen atoms in total. The Morgan fingerprint density at radius 1 is 1.59 bits per heavy atom. The van der Waals surface area contributed by atoms with Crippen LogP contribution in [0.3, 0.4) is 0 Å². The highest BCUT2D eigenvalue weighted by molar-refractivity contribution is 7.11. The zero-order chi connectivity index (χ0) is 12.7. The van der Waals surface area contributed by atoms with Gasteiger partial charge in [0.2, 0.25) is 0 Å². The smallest absolute Gasteiger partial charge is 0.384 e. The third kappa shape index (κ3) is 2.46. The van der Waals surface area contributed by atoms with Crippen LogP contribution in [0.4, 0.5) is 13.2 Å². The van der Waals surface area contributed by atoms with Crippen molar-refractivity contribution < 1.29 is 23.0 Å². The van der Waals surface area contributed by atoms with Crippen LogP contribution in [0.15, 0.2) is 6.20 Å². The highest BCUT2D eigenvalue weighted by Crippen LogP contribution is 2.46. The molecule has 1 saturated carbocycles. The summed E-state index contributed by atoms with van der Waals surface area (Å²) >= 11 is 0.501. The van der Waals surface area contributed by atoms with Gasteiger partial charge in [0.15, 0.2) is 5.01 Å². The molecule has 0 bridgehead atoms. The molecule has 17 heavy (non-hydrogen) atoms. The first kappa shape index (κ1) is 12.8. The lowest BCUT2D eigenvalue weighted by Crippen LogP contribution is -2.45. The van der Waals surface area contributed by atoms with E-state index in [1.54, 1.807) is 0 Å². The van der Waals surface area contributed by atoms with Crippen molar-refractivity contribution in [3.63, 3.8) is 0 Å². The summed E-state index contributed by atoms with van der Waals surface area (Å²) in [5, 5.41) is 9.16. The van der Waals surface area contributed by atoms with E-state index in [4.69, 9.17) is 4.74 Å². The van der Waals surface area contributed by atoms with Gasteiger partial charge < -0.3 is 9.84 Å². The van der Waals surface area contributed by atoms with Crippen molar-refractivity contribution in [1.82, 2.24) is 4.98 Å². The second-order valence-corrected chi connectivity index (χ2v) is 5.08. The van der Waals surface area contributed by atoms with Gasteiger partial charge in [0, 0.05) is 25.6 Å². The third-order valence-corrected chi connectivity index (χ3v) is 3.98. The van der Waals surface area contributed by atoms with Gasteiger partial charge in [-0.1, -0.05) is 0 Å². The average molecular weight is 267 g/mol. The monoisotopic (exact) mass is 267 g/mol. The number of halogens is 3. The summed E-state index contributed by atoms with van der Waals surface area (Å²) in [6.07, 6.45) is -2.74. The highest BCUT2D eigenvalue weighted by atomic mass is 32.1. The third-order valence-electron chi connectivity index (χ3n) is 2.74. The molecule has 1 fully saturated rings. The number of alkyl halides is 3. The van der Waals surface area contributed by atoms with Gasteiger partial charge in [-0.25, -0.2) is 4.98 Å². The van der Waals surface area contributed by atoms with E-state index in [1.165, 1.54) is 0 Å². The van der Waals surface area contributed by atoms with Crippen LogP contribution in [0, 0.1) is 0 Å². The van der Waals surface area contributed by atoms with Gasteiger partial charge in [-0.15, -0.1) is 11.3 Å². The Labute approximate surface area is 100 Å². The lowest BCUT2D eigenvalue weighted by molar-refractivity contribution is -0.140. The van der Waals surface area contributed by atoms with Crippen molar-refractivity contribution in [2.75, 3.05) is 6.61 Å². The molecule has 0 radical (unpaired) electrons. The van der Waals surface area contributed by atoms with Crippen molar-refractivity contribution in [1.29, 1.82) is 0 Å². The van der Waals surface area contributed by atoms with Gasteiger partial charge in [-0.2, -0.15) is 13.2 Å². The Bertz CT molecular complexity index is 399. The molecule has 1 aromatic heterocycles. The zero-order valence-corrected chi connectivity index (χ0v) is 9.94. The van der Waals surface area contributed by atoms with Crippen LogP contribution in [-0.4, -0.2) is 22.8 Å². The predicted octanol–water partition coefficient (Wildman–Crippen LogP) is 2.55. The van der Waals surface area contributed by atoms with E-state index in [9.17, 15) is 18.3 Å². The fourth-order valence-electron chi connectivity index (χ4n) is 1.87. The molecule has 0 unspecified atom stereocenters. The van der Waals surface area contributed by atoms with E-state index in [2.05, 4.69) is 4.98 Å². The molecule has 1 aliphatic rings. The van der Waals surface area contributed by atoms with E-state index < -0.39 is 16.8 Å². The summed E-state index contributed by atoms with van der Waals surface area (Å²) in [6, 6.07) is 0. The van der Waals surface area contributed by atoms with E-state index >= 15 is 0 Å². The number of ether oxygens (including phenoxy) is 1. The first-order valence-electron chi connectivity index (χ1n) is 5.22. The molecule has 7 heteroatoms. The number of aliphatic hydroxyl groups is 1. The van der Waals surface area contributed by atoms with Crippen molar-refractivity contribution in [3.8, 4) is 0 Å². The quantitative estimate of drug-likeness (QED) is 0.915. The van der Waals surface area contributed by atoms with Crippen LogP contribution in [-0.2, 0) is 16.5 Å². The Hall–Kier alpha value is -0.660. The number of aromatic nitrogens is 1. The largest absolute Gasteiger partial charge is 0.443 e. The maximum atomic E-state index is 12.4. The van der Waals surface area contributed by atoms with Gasteiger partial charge in [-0.3, -0.25) is 0 Å². The molecular formula is C10H12F3NO2S. The minimum absolute atomic E-state index is 0.0681. The van der Waals surface area contributed by atoms with Gasteiger partial charge in [-0.05, 0) is 6.92 Å². The Balaban J connectivity index is 2.07. The molecule has 96 valence electrons. The van der Waals surface area contributed by atoms with E-state index in [1.807, 2.05) is 6.92 Å². The predicted molar refractivity (Wildman–Crippen MR) is 55.7 cm³/mol. The van der Waals surface area contributed by atoms with Gasteiger partial charge >= 0.3 is 6.18 Å². The fraction of sp³-hybridized carbons (Fsp3) is 0.700. The number of thiazole rings is 1. The van der Waals surface area contributed by atoms with Crippen LogP contribution in [0.2, 0.25) is 0 Å². The lowest BCUT2D eigenvalue weighted by Gasteiger charge is -2.42. The number of nitrogens with zero attached hydrogens (tertiary/aromatic N) is 1. The van der Waals surface area contributed by atoms with Crippen molar-refractivity contribution in [3.05, 3.63) is 16.1 Å². The Morgan fingerprint density at radius 3 is 2.71 bits per heavy atom. The molecular weight excluding hydrogens is 255 g/mol. The van der Waals surface area contributed by atoms with E-state index in [0.29, 0.717) is 30.8 Å². The molecule has 0 aliphatic heterocycles. The molecule has 0 amide bonds. The number of hydrogen-bond donors (Lipinski definition) is 1. The summed E-state index contributed by atoms with van der Waals surface area (Å²) in [5.74, 6) is 0. The SMILES string of the molecule is CCOC1CC(O)(c2cnc(C(F)(F)F)s2)C1. The van der Waals surface area contributed by atoms with E-state index in [-0.39, 0.29) is 11.0 Å². The first-order chi connectivity index (χ1) is 7.85. The van der Waals surface area contributed by atoms with Gasteiger partial charge in [0.25, 0.3) is 0 Å². The molecule has 0 atom stereocenters. The highest BCUT2D eigenvalue weighted by Gasteiger charge is 2.47. The fourth-order valence-corrected chi connectivity index (χ4v) is 2.76. The summed E-state index contributed by atoms with van der Waals surface area (Å²) in [6.45, 7) is 2.38.